The van der Waals surface area contributed by atoms with Crippen LogP contribution in [0.2, 0.25) is 0 Å². The van der Waals surface area contributed by atoms with E-state index in [2.05, 4.69) is 35.9 Å². The highest BCUT2D eigenvalue weighted by Gasteiger charge is 2.27. The molecule has 3 rings (SSSR count). The van der Waals surface area contributed by atoms with Gasteiger partial charge >= 0.3 is 5.97 Å². The summed E-state index contributed by atoms with van der Waals surface area (Å²) >= 11 is 0. The lowest BCUT2D eigenvalue weighted by atomic mass is 9.93. The molecule has 0 amide bonds. The largest absolute Gasteiger partial charge is 0.491 e. The Hall–Kier alpha value is -2.68. The molecule has 8 heteroatoms. The number of sulfonamides is 1. The van der Waals surface area contributed by atoms with Crippen molar-refractivity contribution in [2.24, 2.45) is 0 Å². The Labute approximate surface area is 189 Å². The number of aryl methyl sites for hydroxylation is 1. The maximum atomic E-state index is 12.3. The minimum Gasteiger partial charge on any atom is -0.491 e. The molecule has 172 valence electrons. The van der Waals surface area contributed by atoms with Gasteiger partial charge in [0.05, 0.1) is 13.7 Å². The molecule has 0 atom stereocenters. The van der Waals surface area contributed by atoms with Crippen molar-refractivity contribution >= 4 is 21.6 Å². The molecule has 1 aliphatic rings. The van der Waals surface area contributed by atoms with Crippen molar-refractivity contribution in [1.82, 2.24) is 4.31 Å². The number of ether oxygens (including phenoxy) is 3. The third-order valence-electron chi connectivity index (χ3n) is 5.39. The average Bonchev–Trinajstić information content (AvgIpc) is 2.79. The summed E-state index contributed by atoms with van der Waals surface area (Å²) in [6, 6.07) is 14.2. The van der Waals surface area contributed by atoms with Crippen molar-refractivity contribution in [3.63, 3.8) is 0 Å². The predicted octanol–water partition coefficient (Wildman–Crippen LogP) is 3.28. The van der Waals surface area contributed by atoms with Gasteiger partial charge in [-0.25, -0.2) is 8.42 Å². The van der Waals surface area contributed by atoms with Gasteiger partial charge in [0.25, 0.3) is 0 Å². The van der Waals surface area contributed by atoms with Gasteiger partial charge in [-0.2, -0.15) is 4.31 Å². The second-order valence-corrected chi connectivity index (χ2v) is 9.54. The standard InChI is InChI=1S/C24H29NO6S/c1-18-15-20(19-9-11-25(12-10-19)32(27,28)17-24(26)30-3)7-8-23(18)21-5-4-6-22(16-21)31-14-13-29-2/h4-9,15-16H,10-14,17H2,1-3H3. The van der Waals surface area contributed by atoms with Crippen LogP contribution in [0.3, 0.4) is 0 Å². The van der Waals surface area contributed by atoms with Gasteiger partial charge in [0.2, 0.25) is 10.0 Å². The Balaban J connectivity index is 1.73. The molecule has 2 aromatic carbocycles. The number of hydrogen-bond acceptors (Lipinski definition) is 6. The second kappa shape index (κ2) is 10.8. The molecule has 2 aromatic rings. The number of methoxy groups -OCH3 is 2. The molecule has 0 saturated heterocycles. The van der Waals surface area contributed by atoms with E-state index in [4.69, 9.17) is 9.47 Å². The molecule has 0 N–H and O–H groups in total. The minimum absolute atomic E-state index is 0.246. The lowest BCUT2D eigenvalue weighted by Gasteiger charge is -2.25. The Morgan fingerprint density at radius 1 is 1.06 bits per heavy atom. The predicted molar refractivity (Wildman–Crippen MR) is 124 cm³/mol. The molecule has 0 saturated carbocycles. The summed E-state index contributed by atoms with van der Waals surface area (Å²) in [5, 5.41) is 0. The van der Waals surface area contributed by atoms with Crippen LogP contribution >= 0.6 is 0 Å². The SMILES string of the molecule is COCCOc1cccc(-c2ccc(C3=CCN(S(=O)(=O)CC(=O)OC)CC3)cc2C)c1. The van der Waals surface area contributed by atoms with E-state index in [-0.39, 0.29) is 6.54 Å². The topological polar surface area (TPSA) is 82.1 Å². The fraction of sp³-hybridized carbons (Fsp3) is 0.375. The zero-order valence-electron chi connectivity index (χ0n) is 18.7. The first-order valence-electron chi connectivity index (χ1n) is 10.4. The molecule has 0 unspecified atom stereocenters. The van der Waals surface area contributed by atoms with Crippen molar-refractivity contribution in [3.05, 3.63) is 59.7 Å². The van der Waals surface area contributed by atoms with E-state index < -0.39 is 21.7 Å². The Bertz CT molecular complexity index is 1090. The van der Waals surface area contributed by atoms with Gasteiger partial charge in [0.1, 0.15) is 12.4 Å². The number of carbonyl (C=O) groups excluding carboxylic acids is 1. The molecule has 1 heterocycles. The quantitative estimate of drug-likeness (QED) is 0.423. The van der Waals surface area contributed by atoms with Crippen LogP contribution in [0.25, 0.3) is 16.7 Å². The second-order valence-electron chi connectivity index (χ2n) is 7.57. The highest BCUT2D eigenvalue weighted by atomic mass is 32.2. The fourth-order valence-electron chi connectivity index (χ4n) is 3.65. The van der Waals surface area contributed by atoms with E-state index in [1.165, 1.54) is 11.4 Å². The summed E-state index contributed by atoms with van der Waals surface area (Å²) in [6.45, 7) is 3.68. The molecular formula is C24H29NO6S. The Kier molecular flexibility index (Phi) is 8.06. The molecule has 0 spiro atoms. The summed E-state index contributed by atoms with van der Waals surface area (Å²) in [4.78, 5) is 11.4. The first-order chi connectivity index (χ1) is 15.3. The van der Waals surface area contributed by atoms with Gasteiger partial charge in [-0.3, -0.25) is 4.79 Å². The first-order valence-corrected chi connectivity index (χ1v) is 12.0. The fourth-order valence-corrected chi connectivity index (χ4v) is 4.92. The maximum absolute atomic E-state index is 12.3. The number of nitrogens with zero attached hydrogens (tertiary/aromatic N) is 1. The highest BCUT2D eigenvalue weighted by molar-refractivity contribution is 7.89. The molecule has 0 aliphatic carbocycles. The normalized spacial score (nSPS) is 14.7. The zero-order chi connectivity index (χ0) is 23.1. The van der Waals surface area contributed by atoms with Crippen LogP contribution < -0.4 is 4.74 Å². The van der Waals surface area contributed by atoms with Crippen molar-refractivity contribution < 1.29 is 27.4 Å². The van der Waals surface area contributed by atoms with Crippen molar-refractivity contribution in [3.8, 4) is 16.9 Å². The van der Waals surface area contributed by atoms with E-state index in [1.54, 1.807) is 7.11 Å². The summed E-state index contributed by atoms with van der Waals surface area (Å²) in [7, 11) is -0.842. The number of benzene rings is 2. The van der Waals surface area contributed by atoms with Crippen LogP contribution in [0.5, 0.6) is 5.75 Å². The van der Waals surface area contributed by atoms with Crippen LogP contribution in [0.4, 0.5) is 0 Å². The number of hydrogen-bond donors (Lipinski definition) is 0. The van der Waals surface area contributed by atoms with Crippen molar-refractivity contribution in [1.29, 1.82) is 0 Å². The van der Waals surface area contributed by atoms with E-state index in [1.807, 2.05) is 24.3 Å². The van der Waals surface area contributed by atoms with Crippen LogP contribution in [-0.4, -0.2) is 65.0 Å². The Morgan fingerprint density at radius 3 is 2.53 bits per heavy atom. The third kappa shape index (κ3) is 5.97. The highest BCUT2D eigenvalue weighted by Crippen LogP contribution is 2.31. The first kappa shape index (κ1) is 24.0. The maximum Gasteiger partial charge on any atom is 0.322 e. The van der Waals surface area contributed by atoms with Gasteiger partial charge in [-0.15, -0.1) is 0 Å². The van der Waals surface area contributed by atoms with Gasteiger partial charge < -0.3 is 14.2 Å². The van der Waals surface area contributed by atoms with Crippen LogP contribution in [0, 0.1) is 6.92 Å². The number of esters is 1. The van der Waals surface area contributed by atoms with Crippen LogP contribution in [-0.2, 0) is 24.3 Å². The van der Waals surface area contributed by atoms with Crippen molar-refractivity contribution in [2.45, 2.75) is 13.3 Å². The molecule has 1 aliphatic heterocycles. The summed E-state index contributed by atoms with van der Waals surface area (Å²) in [6.07, 6.45) is 2.50. The molecule has 0 bridgehead atoms. The van der Waals surface area contributed by atoms with Gasteiger partial charge in [0, 0.05) is 20.2 Å². The minimum atomic E-state index is -3.67. The van der Waals surface area contributed by atoms with Gasteiger partial charge in [-0.05, 0) is 53.3 Å². The van der Waals surface area contributed by atoms with Crippen LogP contribution in [0.15, 0.2) is 48.5 Å². The summed E-state index contributed by atoms with van der Waals surface area (Å²) in [5.41, 5.74) is 5.48. The van der Waals surface area contributed by atoms with E-state index in [0.717, 1.165) is 33.6 Å². The molecule has 0 fully saturated rings. The smallest absolute Gasteiger partial charge is 0.322 e. The summed E-state index contributed by atoms with van der Waals surface area (Å²) in [5.74, 6) is -0.584. The molecule has 0 radical (unpaired) electrons. The lowest BCUT2D eigenvalue weighted by Crippen LogP contribution is -2.38. The molecule has 32 heavy (non-hydrogen) atoms. The van der Waals surface area contributed by atoms with E-state index >= 15 is 0 Å². The van der Waals surface area contributed by atoms with Gasteiger partial charge in [-0.1, -0.05) is 36.4 Å². The Morgan fingerprint density at radius 2 is 1.88 bits per heavy atom. The third-order valence-corrected chi connectivity index (χ3v) is 7.11. The van der Waals surface area contributed by atoms with E-state index in [9.17, 15) is 13.2 Å². The zero-order valence-corrected chi connectivity index (χ0v) is 19.5. The summed E-state index contributed by atoms with van der Waals surface area (Å²) < 4.78 is 41.2. The number of rotatable bonds is 9. The monoisotopic (exact) mass is 459 g/mol. The average molecular weight is 460 g/mol. The molecule has 0 aromatic heterocycles. The van der Waals surface area contributed by atoms with Crippen molar-refractivity contribution in [2.75, 3.05) is 46.3 Å². The number of carbonyl (C=O) groups is 1. The molecule has 7 nitrogen and oxygen atoms in total. The lowest BCUT2D eigenvalue weighted by molar-refractivity contribution is -0.137. The van der Waals surface area contributed by atoms with Crippen LogP contribution in [0.1, 0.15) is 17.5 Å². The van der Waals surface area contributed by atoms with E-state index in [0.29, 0.717) is 26.2 Å². The molecular weight excluding hydrogens is 430 g/mol. The van der Waals surface area contributed by atoms with Gasteiger partial charge in [0.15, 0.2) is 5.75 Å².